The zero-order chi connectivity index (χ0) is 16.8. The molecule has 2 aromatic heterocycles. The Morgan fingerprint density at radius 3 is 2.88 bits per heavy atom. The smallest absolute Gasteiger partial charge is 0.256 e. The van der Waals surface area contributed by atoms with Crippen molar-refractivity contribution >= 4 is 22.8 Å². The predicted octanol–water partition coefficient (Wildman–Crippen LogP) is 3.60. The number of carbonyl (C=O) groups excluding carboxylic acids is 1. The number of aryl methyl sites for hydroxylation is 2. The molecular weight excluding hydrogens is 302 g/mol. The van der Waals surface area contributed by atoms with Crippen LogP contribution in [0, 0.1) is 19.8 Å². The molecule has 6 heteroatoms. The van der Waals surface area contributed by atoms with Crippen molar-refractivity contribution in [3.05, 3.63) is 41.3 Å². The maximum atomic E-state index is 12.6. The number of hydrogen-bond donors (Lipinski definition) is 2. The highest BCUT2D eigenvalue weighted by molar-refractivity contribution is 6.05. The van der Waals surface area contributed by atoms with Crippen molar-refractivity contribution in [2.24, 2.45) is 5.92 Å². The van der Waals surface area contributed by atoms with Crippen LogP contribution in [0.3, 0.4) is 0 Å². The molecule has 124 valence electrons. The van der Waals surface area contributed by atoms with Crippen molar-refractivity contribution in [1.82, 2.24) is 19.7 Å². The molecule has 0 aliphatic heterocycles. The number of nitrogens with zero attached hydrogens (tertiary/aromatic N) is 3. The molecule has 1 amide bonds. The zero-order valence-corrected chi connectivity index (χ0v) is 14.1. The predicted molar refractivity (Wildman–Crippen MR) is 93.2 cm³/mol. The molecule has 2 heterocycles. The summed E-state index contributed by atoms with van der Waals surface area (Å²) >= 11 is 0. The molecule has 24 heavy (non-hydrogen) atoms. The number of aromatic amines is 1. The average molecular weight is 323 g/mol. The summed E-state index contributed by atoms with van der Waals surface area (Å²) in [5.41, 5.74) is 3.26. The topological polar surface area (TPSA) is 75.6 Å². The number of anilines is 1. The molecule has 1 atom stereocenters. The van der Waals surface area contributed by atoms with Gasteiger partial charge in [-0.15, -0.1) is 0 Å². The van der Waals surface area contributed by atoms with E-state index in [2.05, 4.69) is 27.3 Å². The van der Waals surface area contributed by atoms with E-state index in [9.17, 15) is 4.79 Å². The third-order valence-electron chi connectivity index (χ3n) is 4.65. The fourth-order valence-corrected chi connectivity index (χ4v) is 3.17. The molecule has 0 spiro atoms. The van der Waals surface area contributed by atoms with E-state index < -0.39 is 0 Å². The van der Waals surface area contributed by atoms with Crippen molar-refractivity contribution in [1.29, 1.82) is 0 Å². The van der Waals surface area contributed by atoms with Crippen LogP contribution in [0.25, 0.3) is 11.0 Å². The summed E-state index contributed by atoms with van der Waals surface area (Å²) < 4.78 is 1.95. The largest absolute Gasteiger partial charge is 0.342 e. The van der Waals surface area contributed by atoms with Crippen LogP contribution >= 0.6 is 0 Å². The number of rotatable bonds is 4. The lowest BCUT2D eigenvalue weighted by Crippen LogP contribution is -2.18. The number of amides is 1. The van der Waals surface area contributed by atoms with Gasteiger partial charge in [-0.2, -0.15) is 5.10 Å². The van der Waals surface area contributed by atoms with Gasteiger partial charge >= 0.3 is 0 Å². The van der Waals surface area contributed by atoms with Crippen LogP contribution in [0.15, 0.2) is 24.3 Å². The first-order valence-electron chi connectivity index (χ1n) is 8.35. The molecule has 1 aromatic carbocycles. The third-order valence-corrected chi connectivity index (χ3v) is 4.65. The minimum Gasteiger partial charge on any atom is -0.342 e. The van der Waals surface area contributed by atoms with E-state index in [4.69, 9.17) is 0 Å². The molecule has 1 aliphatic rings. The van der Waals surface area contributed by atoms with Crippen LogP contribution < -0.4 is 5.32 Å². The molecule has 6 nitrogen and oxygen atoms in total. The fourth-order valence-electron chi connectivity index (χ4n) is 3.17. The summed E-state index contributed by atoms with van der Waals surface area (Å²) in [6.07, 6.45) is 2.48. The Morgan fingerprint density at radius 1 is 1.33 bits per heavy atom. The maximum Gasteiger partial charge on any atom is 0.256 e. The van der Waals surface area contributed by atoms with E-state index in [-0.39, 0.29) is 5.91 Å². The van der Waals surface area contributed by atoms with Crippen LogP contribution in [0.4, 0.5) is 5.82 Å². The van der Waals surface area contributed by atoms with Gasteiger partial charge in [0.2, 0.25) is 0 Å². The van der Waals surface area contributed by atoms with Crippen LogP contribution in [0.2, 0.25) is 0 Å². The molecular formula is C18H21N5O. The Balaban J connectivity index is 1.60. The van der Waals surface area contributed by atoms with Crippen LogP contribution in [0.5, 0.6) is 0 Å². The van der Waals surface area contributed by atoms with Gasteiger partial charge in [0.25, 0.3) is 5.91 Å². The molecule has 1 unspecified atom stereocenters. The molecule has 1 aliphatic carbocycles. The lowest BCUT2D eigenvalue weighted by molar-refractivity contribution is 0.102. The number of H-pyrrole nitrogens is 1. The number of hydrogen-bond acceptors (Lipinski definition) is 3. The van der Waals surface area contributed by atoms with Crippen molar-refractivity contribution in [3.63, 3.8) is 0 Å². The highest BCUT2D eigenvalue weighted by atomic mass is 16.1. The second kappa shape index (κ2) is 5.47. The lowest BCUT2D eigenvalue weighted by Gasteiger charge is -2.15. The monoisotopic (exact) mass is 323 g/mol. The number of carbonyl (C=O) groups is 1. The molecule has 3 aromatic rings. The quantitative estimate of drug-likeness (QED) is 0.770. The number of benzene rings is 1. The highest BCUT2D eigenvalue weighted by Gasteiger charge is 2.31. The summed E-state index contributed by atoms with van der Waals surface area (Å²) in [6, 6.07) is 7.74. The van der Waals surface area contributed by atoms with Crippen molar-refractivity contribution < 1.29 is 4.79 Å². The molecule has 0 radical (unpaired) electrons. The van der Waals surface area contributed by atoms with Gasteiger partial charge in [-0.3, -0.25) is 4.79 Å². The van der Waals surface area contributed by atoms with Crippen molar-refractivity contribution in [2.75, 3.05) is 5.32 Å². The second-order valence-electron chi connectivity index (χ2n) is 6.70. The first kappa shape index (κ1) is 14.9. The van der Waals surface area contributed by atoms with E-state index in [1.165, 1.54) is 12.8 Å². The van der Waals surface area contributed by atoms with Gasteiger partial charge in [0.05, 0.1) is 22.8 Å². The van der Waals surface area contributed by atoms with Gasteiger partial charge < -0.3 is 10.3 Å². The van der Waals surface area contributed by atoms with Crippen LogP contribution in [-0.4, -0.2) is 25.7 Å². The first-order valence-corrected chi connectivity index (χ1v) is 8.35. The third kappa shape index (κ3) is 2.68. The highest BCUT2D eigenvalue weighted by Crippen LogP contribution is 2.40. The van der Waals surface area contributed by atoms with Gasteiger partial charge in [0, 0.05) is 11.6 Å². The van der Waals surface area contributed by atoms with Crippen molar-refractivity contribution in [2.45, 2.75) is 39.7 Å². The number of fused-ring (bicyclic) bond motifs is 1. The summed E-state index contributed by atoms with van der Waals surface area (Å²) in [7, 11) is 0. The SMILES string of the molecule is Cc1cc(NC(=O)c2ccc3nc(C)[nH]c3c2)n(C(C)C2CC2)n1. The van der Waals surface area contributed by atoms with Gasteiger partial charge in [-0.05, 0) is 57.7 Å². The number of imidazole rings is 1. The minimum absolute atomic E-state index is 0.131. The van der Waals surface area contributed by atoms with Crippen molar-refractivity contribution in [3.8, 4) is 0 Å². The van der Waals surface area contributed by atoms with E-state index in [1.807, 2.05) is 36.7 Å². The molecule has 4 rings (SSSR count). The fraction of sp³-hybridized carbons (Fsp3) is 0.389. The Kier molecular flexibility index (Phi) is 3.40. The lowest BCUT2D eigenvalue weighted by atomic mass is 10.2. The average Bonchev–Trinajstić information content (AvgIpc) is 3.23. The Labute approximate surface area is 140 Å². The Morgan fingerprint density at radius 2 is 2.12 bits per heavy atom. The van der Waals surface area contributed by atoms with Gasteiger partial charge in [0.1, 0.15) is 11.6 Å². The van der Waals surface area contributed by atoms with Gasteiger partial charge in [-0.1, -0.05) is 0 Å². The minimum atomic E-state index is -0.131. The molecule has 1 fully saturated rings. The molecule has 2 N–H and O–H groups in total. The van der Waals surface area contributed by atoms with E-state index in [0.717, 1.165) is 28.4 Å². The number of aromatic nitrogens is 4. The summed E-state index contributed by atoms with van der Waals surface area (Å²) in [4.78, 5) is 20.2. The second-order valence-corrected chi connectivity index (χ2v) is 6.70. The Hall–Kier alpha value is -2.63. The summed E-state index contributed by atoms with van der Waals surface area (Å²) in [5, 5.41) is 7.57. The maximum absolute atomic E-state index is 12.6. The molecule has 1 saturated carbocycles. The van der Waals surface area contributed by atoms with Gasteiger partial charge in [-0.25, -0.2) is 9.67 Å². The van der Waals surface area contributed by atoms with E-state index in [1.54, 1.807) is 6.07 Å². The summed E-state index contributed by atoms with van der Waals surface area (Å²) in [5.74, 6) is 2.14. The molecule has 0 saturated heterocycles. The van der Waals surface area contributed by atoms with Gasteiger partial charge in [0.15, 0.2) is 0 Å². The first-order chi connectivity index (χ1) is 11.5. The van der Waals surface area contributed by atoms with Crippen LogP contribution in [-0.2, 0) is 0 Å². The number of nitrogens with one attached hydrogen (secondary N) is 2. The van der Waals surface area contributed by atoms with E-state index in [0.29, 0.717) is 17.5 Å². The zero-order valence-electron chi connectivity index (χ0n) is 14.1. The molecule has 0 bridgehead atoms. The standard InChI is InChI=1S/C18H21N5O/c1-10-8-17(23(22-10)11(2)13-4-5-13)21-18(24)14-6-7-15-16(9-14)20-12(3)19-15/h6-9,11,13H,4-5H2,1-3H3,(H,19,20)(H,21,24). The summed E-state index contributed by atoms with van der Waals surface area (Å²) in [6.45, 7) is 6.02. The Bertz CT molecular complexity index is 919. The normalized spacial score (nSPS) is 15.6. The van der Waals surface area contributed by atoms with Crippen LogP contribution in [0.1, 0.15) is 47.7 Å². The van der Waals surface area contributed by atoms with E-state index >= 15 is 0 Å².